The highest BCUT2D eigenvalue weighted by molar-refractivity contribution is 6.06. The summed E-state index contributed by atoms with van der Waals surface area (Å²) in [5, 5.41) is 2.19. The van der Waals surface area contributed by atoms with E-state index in [1.165, 1.54) is 38.9 Å². The van der Waals surface area contributed by atoms with Gasteiger partial charge in [0.1, 0.15) is 22.7 Å². The van der Waals surface area contributed by atoms with Crippen LogP contribution in [0.5, 0.6) is 11.5 Å². The first kappa shape index (κ1) is 32.6. The Morgan fingerprint density at radius 1 is 0.393 bits per heavy atom. The fourth-order valence-corrected chi connectivity index (χ4v) is 9.60. The van der Waals surface area contributed by atoms with Crippen LogP contribution < -0.4 is 9.64 Å². The molecule has 56 heavy (non-hydrogen) atoms. The molecule has 1 aliphatic heterocycles. The quantitative estimate of drug-likeness (QED) is 0.177. The summed E-state index contributed by atoms with van der Waals surface area (Å²) in [5.74, 6) is 1.81. The maximum Gasteiger partial charge on any atom is 0.135 e. The molecule has 0 saturated heterocycles. The summed E-state index contributed by atoms with van der Waals surface area (Å²) >= 11 is 0. The van der Waals surface area contributed by atoms with Crippen LogP contribution in [0.2, 0.25) is 0 Å². The summed E-state index contributed by atoms with van der Waals surface area (Å²) in [6.45, 7) is 6.98. The first-order chi connectivity index (χ1) is 27.4. The van der Waals surface area contributed by atoms with Crippen molar-refractivity contribution in [3.63, 3.8) is 0 Å². The molecule has 0 fully saturated rings. The molecule has 0 saturated carbocycles. The minimum absolute atomic E-state index is 0.263. The van der Waals surface area contributed by atoms with Crippen LogP contribution in [0.4, 0.5) is 17.1 Å². The number of hydrogen-bond acceptors (Lipinski definition) is 3. The largest absolute Gasteiger partial charge is 0.457 e. The predicted octanol–water partition coefficient (Wildman–Crippen LogP) is 14.5. The number of ether oxygens (including phenoxy) is 1. The van der Waals surface area contributed by atoms with E-state index >= 15 is 0 Å². The van der Waals surface area contributed by atoms with E-state index in [4.69, 9.17) is 9.15 Å². The van der Waals surface area contributed by atoms with Crippen molar-refractivity contribution in [2.24, 2.45) is 0 Å². The van der Waals surface area contributed by atoms with Crippen LogP contribution in [0.25, 0.3) is 44.2 Å². The smallest absolute Gasteiger partial charge is 0.135 e. The van der Waals surface area contributed by atoms with Gasteiger partial charge in [0.15, 0.2) is 0 Å². The summed E-state index contributed by atoms with van der Waals surface area (Å²) in [6, 6.07) is 65.7. The van der Waals surface area contributed by atoms with Gasteiger partial charge in [-0.1, -0.05) is 135 Å². The molecule has 268 valence electrons. The number of para-hydroxylation sites is 2. The van der Waals surface area contributed by atoms with E-state index in [-0.39, 0.29) is 10.8 Å². The van der Waals surface area contributed by atoms with Crippen LogP contribution in [0, 0.1) is 0 Å². The number of anilines is 3. The van der Waals surface area contributed by atoms with Crippen molar-refractivity contribution >= 4 is 39.0 Å². The molecule has 0 amide bonds. The Labute approximate surface area is 327 Å². The van der Waals surface area contributed by atoms with Crippen LogP contribution in [-0.2, 0) is 10.8 Å². The van der Waals surface area contributed by atoms with Crippen LogP contribution in [-0.4, -0.2) is 0 Å². The predicted molar refractivity (Wildman–Crippen MR) is 230 cm³/mol. The first-order valence-corrected chi connectivity index (χ1v) is 19.4. The Bertz CT molecular complexity index is 2980. The third-order valence-electron chi connectivity index (χ3n) is 12.4. The second-order valence-electron chi connectivity index (χ2n) is 15.8. The molecule has 0 spiro atoms. The molecule has 0 bridgehead atoms. The second-order valence-corrected chi connectivity index (χ2v) is 15.8. The van der Waals surface area contributed by atoms with Crippen LogP contribution in [0.3, 0.4) is 0 Å². The molecular weight excluding hydrogens is 683 g/mol. The molecule has 2 heterocycles. The summed E-state index contributed by atoms with van der Waals surface area (Å²) in [4.78, 5) is 2.38. The van der Waals surface area contributed by atoms with E-state index in [2.05, 4.69) is 189 Å². The third-order valence-corrected chi connectivity index (χ3v) is 12.4. The lowest BCUT2D eigenvalue weighted by Crippen LogP contribution is -2.24. The van der Waals surface area contributed by atoms with E-state index in [1.54, 1.807) is 0 Å². The first-order valence-electron chi connectivity index (χ1n) is 19.4. The van der Waals surface area contributed by atoms with Gasteiger partial charge in [-0.15, -0.1) is 0 Å². The van der Waals surface area contributed by atoms with E-state index in [0.717, 1.165) is 61.6 Å². The van der Waals surface area contributed by atoms with Crippen molar-refractivity contribution in [2.45, 2.75) is 31.6 Å². The van der Waals surface area contributed by atoms with E-state index < -0.39 is 0 Å². The van der Waals surface area contributed by atoms with E-state index in [9.17, 15) is 0 Å². The fraction of sp³-hybridized carbons (Fsp3) is 0.0943. The molecule has 3 nitrogen and oxygen atoms in total. The van der Waals surface area contributed by atoms with Gasteiger partial charge in [0, 0.05) is 49.8 Å². The van der Waals surface area contributed by atoms with Crippen molar-refractivity contribution in [3.05, 3.63) is 210 Å². The van der Waals surface area contributed by atoms with Crippen molar-refractivity contribution in [3.8, 4) is 33.8 Å². The van der Waals surface area contributed by atoms with Gasteiger partial charge >= 0.3 is 0 Å². The van der Waals surface area contributed by atoms with Gasteiger partial charge in [0.2, 0.25) is 0 Å². The summed E-state index contributed by atoms with van der Waals surface area (Å²) in [5.41, 5.74) is 15.7. The third kappa shape index (κ3) is 4.70. The standard InChI is InChI=1S/C53H39NO2/c1-52(2)46-24-11-13-26-50(46)56-51-30-28-37(33-47(51)52)54(36-27-29-49-42(32-36)41-20-7-12-25-48(41)55-49)35-16-14-15-34(31-35)38-17-4-8-21-43(38)53(3)44-22-9-5-18-39(44)40-19-6-10-23-45(40)53/h4-33H,1-3H3. The number of fused-ring (bicyclic) bond motifs is 8. The number of hydrogen-bond donors (Lipinski definition) is 0. The van der Waals surface area contributed by atoms with Crippen molar-refractivity contribution in [2.75, 3.05) is 4.90 Å². The van der Waals surface area contributed by atoms with Gasteiger partial charge in [-0.2, -0.15) is 0 Å². The molecule has 0 radical (unpaired) electrons. The fourth-order valence-electron chi connectivity index (χ4n) is 9.60. The van der Waals surface area contributed by atoms with Gasteiger partial charge in [0.05, 0.1) is 0 Å². The SMILES string of the molecule is CC1(C)c2ccccc2Oc2ccc(N(c3cccc(-c4ccccc4C4(C)c5ccccc5-c5ccccc54)c3)c3ccc4oc5ccccc5c4c3)cc21. The van der Waals surface area contributed by atoms with Crippen molar-refractivity contribution < 1.29 is 9.15 Å². The zero-order chi connectivity index (χ0) is 37.6. The molecular formula is C53H39NO2. The van der Waals surface area contributed by atoms with Gasteiger partial charge < -0.3 is 14.1 Å². The van der Waals surface area contributed by atoms with Crippen molar-refractivity contribution in [1.82, 2.24) is 0 Å². The summed E-state index contributed by atoms with van der Waals surface area (Å²) in [7, 11) is 0. The van der Waals surface area contributed by atoms with Gasteiger partial charge in [-0.3, -0.25) is 0 Å². The average Bonchev–Trinajstić information content (AvgIpc) is 3.74. The molecule has 0 atom stereocenters. The molecule has 0 N–H and O–H groups in total. The van der Waals surface area contributed by atoms with Gasteiger partial charge in [-0.05, 0) is 107 Å². The molecule has 11 rings (SSSR count). The maximum atomic E-state index is 6.52. The van der Waals surface area contributed by atoms with E-state index in [0.29, 0.717) is 0 Å². The minimum atomic E-state index is -0.326. The number of furan rings is 1. The van der Waals surface area contributed by atoms with Gasteiger partial charge in [0.25, 0.3) is 0 Å². The Hall–Kier alpha value is -6.84. The molecule has 2 aliphatic rings. The van der Waals surface area contributed by atoms with Gasteiger partial charge in [-0.25, -0.2) is 0 Å². The number of rotatable bonds is 5. The molecule has 1 aromatic heterocycles. The Morgan fingerprint density at radius 3 is 1.71 bits per heavy atom. The number of benzene rings is 8. The van der Waals surface area contributed by atoms with Crippen LogP contribution in [0.15, 0.2) is 186 Å². The highest BCUT2D eigenvalue weighted by Crippen LogP contribution is 2.55. The lowest BCUT2D eigenvalue weighted by molar-refractivity contribution is 0.418. The number of nitrogens with zero attached hydrogens (tertiary/aromatic N) is 1. The Morgan fingerprint density at radius 2 is 0.946 bits per heavy atom. The highest BCUT2D eigenvalue weighted by atomic mass is 16.5. The van der Waals surface area contributed by atoms with Crippen LogP contribution in [0.1, 0.15) is 48.6 Å². The monoisotopic (exact) mass is 721 g/mol. The molecule has 8 aromatic carbocycles. The Balaban J connectivity index is 1.10. The topological polar surface area (TPSA) is 25.6 Å². The zero-order valence-electron chi connectivity index (χ0n) is 31.6. The average molecular weight is 722 g/mol. The molecule has 1 aliphatic carbocycles. The second kappa shape index (κ2) is 12.1. The highest BCUT2D eigenvalue weighted by Gasteiger charge is 2.42. The van der Waals surface area contributed by atoms with Crippen molar-refractivity contribution in [1.29, 1.82) is 0 Å². The normalized spacial score (nSPS) is 14.4. The minimum Gasteiger partial charge on any atom is -0.457 e. The van der Waals surface area contributed by atoms with Crippen LogP contribution >= 0.6 is 0 Å². The summed E-state index contributed by atoms with van der Waals surface area (Å²) in [6.07, 6.45) is 0. The summed E-state index contributed by atoms with van der Waals surface area (Å²) < 4.78 is 12.8. The molecule has 9 aromatic rings. The maximum absolute atomic E-state index is 6.52. The van der Waals surface area contributed by atoms with E-state index in [1.807, 2.05) is 18.2 Å². The zero-order valence-corrected chi connectivity index (χ0v) is 31.6. The Kier molecular flexibility index (Phi) is 7.03. The lowest BCUT2D eigenvalue weighted by Gasteiger charge is -2.36. The molecule has 3 heteroatoms. The molecule has 0 unspecified atom stereocenters. The lowest BCUT2D eigenvalue weighted by atomic mass is 9.71.